The van der Waals surface area contributed by atoms with Gasteiger partial charge in [0, 0.05) is 13.1 Å². The molecule has 0 amide bonds. The van der Waals surface area contributed by atoms with Gasteiger partial charge in [0.2, 0.25) is 5.96 Å². The summed E-state index contributed by atoms with van der Waals surface area (Å²) in [6.45, 7) is 2.33. The van der Waals surface area contributed by atoms with Crippen LogP contribution in [0.15, 0.2) is 4.99 Å². The molecular formula is C8H17F3N4. The fraction of sp³-hybridized carbons (Fsp3) is 0.875. The highest BCUT2D eigenvalue weighted by Gasteiger charge is 2.26. The van der Waals surface area contributed by atoms with Crippen molar-refractivity contribution in [3.8, 4) is 0 Å². The summed E-state index contributed by atoms with van der Waals surface area (Å²) < 4.78 is 35.4. The molecule has 4 N–H and O–H groups in total. The number of guanidine groups is 1. The number of nitrogens with zero attached hydrogens (tertiary/aromatic N) is 1. The summed E-state index contributed by atoms with van der Waals surface area (Å²) in [6.07, 6.45) is -3.20. The van der Waals surface area contributed by atoms with Crippen LogP contribution in [-0.4, -0.2) is 25.2 Å². The molecule has 0 saturated heterocycles. The molecule has 0 aromatic rings. The van der Waals surface area contributed by atoms with Crippen molar-refractivity contribution >= 4 is 5.96 Å². The van der Waals surface area contributed by atoms with Crippen molar-refractivity contribution in [3.05, 3.63) is 0 Å². The molecule has 0 aromatic carbocycles. The van der Waals surface area contributed by atoms with Gasteiger partial charge in [-0.05, 0) is 6.42 Å². The van der Waals surface area contributed by atoms with Gasteiger partial charge in [0.25, 0.3) is 0 Å². The van der Waals surface area contributed by atoms with Gasteiger partial charge in [0.1, 0.15) is 0 Å². The van der Waals surface area contributed by atoms with Gasteiger partial charge in [-0.15, -0.1) is 0 Å². The first-order chi connectivity index (χ1) is 6.99. The average Bonchev–Trinajstić information content (AvgIpc) is 2.14. The highest BCUT2D eigenvalue weighted by atomic mass is 19.4. The molecule has 4 nitrogen and oxygen atoms in total. The van der Waals surface area contributed by atoms with Crippen molar-refractivity contribution in [1.29, 1.82) is 0 Å². The predicted molar refractivity (Wildman–Crippen MR) is 53.2 cm³/mol. The minimum Gasteiger partial charge on any atom is -0.355 e. The van der Waals surface area contributed by atoms with E-state index in [4.69, 9.17) is 5.84 Å². The number of hydrogen-bond acceptors (Lipinski definition) is 2. The Morgan fingerprint density at radius 1 is 1.40 bits per heavy atom. The highest BCUT2D eigenvalue weighted by molar-refractivity contribution is 5.79. The maximum atomic E-state index is 11.8. The third-order valence-electron chi connectivity index (χ3n) is 1.62. The number of nitrogens with one attached hydrogen (secondary N) is 2. The van der Waals surface area contributed by atoms with Crippen molar-refractivity contribution in [2.45, 2.75) is 32.4 Å². The predicted octanol–water partition coefficient (Wildman–Crippen LogP) is 1.15. The van der Waals surface area contributed by atoms with E-state index in [0.29, 0.717) is 6.54 Å². The van der Waals surface area contributed by atoms with Crippen molar-refractivity contribution in [2.75, 3.05) is 13.1 Å². The van der Waals surface area contributed by atoms with E-state index in [1.54, 1.807) is 0 Å². The van der Waals surface area contributed by atoms with Gasteiger partial charge in [0.15, 0.2) is 0 Å². The lowest BCUT2D eigenvalue weighted by atomic mass is 10.3. The number of unbranched alkanes of at least 4 members (excludes halogenated alkanes) is 1. The van der Waals surface area contributed by atoms with Gasteiger partial charge in [-0.25, -0.2) is 5.84 Å². The number of halogens is 3. The third kappa shape index (κ3) is 9.33. The molecule has 15 heavy (non-hydrogen) atoms. The van der Waals surface area contributed by atoms with E-state index in [-0.39, 0.29) is 12.5 Å². The van der Waals surface area contributed by atoms with Crippen LogP contribution in [0.25, 0.3) is 0 Å². The number of aliphatic imine (C=N–C) groups is 1. The van der Waals surface area contributed by atoms with Crippen LogP contribution in [0.5, 0.6) is 0 Å². The van der Waals surface area contributed by atoms with Gasteiger partial charge in [-0.3, -0.25) is 10.4 Å². The first kappa shape index (κ1) is 14.0. The lowest BCUT2D eigenvalue weighted by Crippen LogP contribution is -2.42. The lowest BCUT2D eigenvalue weighted by molar-refractivity contribution is -0.132. The van der Waals surface area contributed by atoms with Crippen LogP contribution in [0, 0.1) is 0 Å². The second kappa shape index (κ2) is 7.33. The van der Waals surface area contributed by atoms with Gasteiger partial charge < -0.3 is 5.32 Å². The highest BCUT2D eigenvalue weighted by Crippen LogP contribution is 2.17. The fourth-order valence-corrected chi connectivity index (χ4v) is 0.824. The van der Waals surface area contributed by atoms with Gasteiger partial charge in [-0.1, -0.05) is 13.3 Å². The van der Waals surface area contributed by atoms with Crippen LogP contribution >= 0.6 is 0 Å². The van der Waals surface area contributed by atoms with E-state index in [1.807, 2.05) is 6.92 Å². The topological polar surface area (TPSA) is 62.4 Å². The molecule has 0 aliphatic heterocycles. The Balaban J connectivity index is 3.75. The maximum absolute atomic E-state index is 11.8. The smallest absolute Gasteiger partial charge is 0.355 e. The van der Waals surface area contributed by atoms with Crippen LogP contribution in [0.4, 0.5) is 13.2 Å². The largest absolute Gasteiger partial charge is 0.390 e. The van der Waals surface area contributed by atoms with Crippen molar-refractivity contribution < 1.29 is 13.2 Å². The van der Waals surface area contributed by atoms with Crippen molar-refractivity contribution in [1.82, 2.24) is 10.7 Å². The molecule has 0 aliphatic carbocycles. The molecule has 0 saturated carbocycles. The van der Waals surface area contributed by atoms with E-state index in [0.717, 1.165) is 12.8 Å². The molecule has 0 heterocycles. The molecule has 0 aromatic heterocycles. The summed E-state index contributed by atoms with van der Waals surface area (Å²) >= 11 is 0. The average molecular weight is 226 g/mol. The zero-order valence-corrected chi connectivity index (χ0v) is 8.69. The molecule has 0 fully saturated rings. The molecule has 0 radical (unpaired) electrons. The van der Waals surface area contributed by atoms with Crippen molar-refractivity contribution in [3.63, 3.8) is 0 Å². The zero-order valence-electron chi connectivity index (χ0n) is 8.69. The number of nitrogens with two attached hydrogens (primary N) is 1. The Hall–Kier alpha value is -0.980. The molecule has 7 heteroatoms. The Morgan fingerprint density at radius 3 is 2.53 bits per heavy atom. The summed E-state index contributed by atoms with van der Waals surface area (Å²) in [5, 5.41) is 2.48. The number of alkyl halides is 3. The molecule has 0 atom stereocenters. The van der Waals surface area contributed by atoms with Gasteiger partial charge in [0.05, 0.1) is 6.42 Å². The number of hydrogen-bond donors (Lipinski definition) is 3. The number of rotatable bonds is 5. The quantitative estimate of drug-likeness (QED) is 0.217. The first-order valence-corrected chi connectivity index (χ1v) is 4.81. The zero-order chi connectivity index (χ0) is 11.7. The first-order valence-electron chi connectivity index (χ1n) is 4.81. The second-order valence-electron chi connectivity index (χ2n) is 3.02. The minimum atomic E-state index is -4.16. The van der Waals surface area contributed by atoms with Gasteiger partial charge in [-0.2, -0.15) is 13.2 Å². The molecule has 0 spiro atoms. The monoisotopic (exact) mass is 226 g/mol. The van der Waals surface area contributed by atoms with Crippen LogP contribution in [0.1, 0.15) is 26.2 Å². The third-order valence-corrected chi connectivity index (χ3v) is 1.62. The van der Waals surface area contributed by atoms with Crippen LogP contribution in [0.3, 0.4) is 0 Å². The summed E-state index contributed by atoms with van der Waals surface area (Å²) in [5.74, 6) is 5.28. The Morgan fingerprint density at radius 2 is 2.07 bits per heavy atom. The van der Waals surface area contributed by atoms with Gasteiger partial charge >= 0.3 is 6.18 Å². The second-order valence-corrected chi connectivity index (χ2v) is 3.02. The Labute approximate surface area is 87.1 Å². The molecule has 0 unspecified atom stereocenters. The molecule has 0 aliphatic rings. The van der Waals surface area contributed by atoms with Crippen molar-refractivity contribution in [2.24, 2.45) is 10.8 Å². The lowest BCUT2D eigenvalue weighted by Gasteiger charge is -2.10. The normalized spacial score (nSPS) is 12.7. The van der Waals surface area contributed by atoms with E-state index in [2.05, 4.69) is 15.7 Å². The van der Waals surface area contributed by atoms with E-state index >= 15 is 0 Å². The molecule has 90 valence electrons. The summed E-state index contributed by atoms with van der Waals surface area (Å²) in [5.41, 5.74) is 2.22. The number of hydrazine groups is 1. The SMILES string of the molecule is CCCCN=C(NN)NCCC(F)(F)F. The van der Waals surface area contributed by atoms with Crippen LogP contribution in [0.2, 0.25) is 0 Å². The molecular weight excluding hydrogens is 209 g/mol. The summed E-state index contributed by atoms with van der Waals surface area (Å²) in [4.78, 5) is 3.95. The maximum Gasteiger partial charge on any atom is 0.390 e. The summed E-state index contributed by atoms with van der Waals surface area (Å²) in [6, 6.07) is 0. The molecule has 0 rings (SSSR count). The van der Waals surface area contributed by atoms with Crippen LogP contribution < -0.4 is 16.6 Å². The standard InChI is InChI=1S/C8H17F3N4/c1-2-3-5-13-7(15-12)14-6-4-8(9,10)11/h2-6,12H2,1H3,(H2,13,14,15). The Kier molecular flexibility index (Phi) is 6.85. The van der Waals surface area contributed by atoms with E-state index in [1.165, 1.54) is 0 Å². The Bertz CT molecular complexity index is 191. The molecule has 0 bridgehead atoms. The summed E-state index contributed by atoms with van der Waals surface area (Å²) in [7, 11) is 0. The van der Waals surface area contributed by atoms with Crippen LogP contribution in [-0.2, 0) is 0 Å². The van der Waals surface area contributed by atoms with E-state index in [9.17, 15) is 13.2 Å². The fourth-order valence-electron chi connectivity index (χ4n) is 0.824. The minimum absolute atomic E-state index is 0.202. The van der Waals surface area contributed by atoms with E-state index < -0.39 is 12.6 Å².